The van der Waals surface area contributed by atoms with Gasteiger partial charge in [-0.05, 0) is 62.1 Å². The zero-order valence-electron chi connectivity index (χ0n) is 14.6. The van der Waals surface area contributed by atoms with Gasteiger partial charge >= 0.3 is 0 Å². The van der Waals surface area contributed by atoms with Crippen LogP contribution in [0.4, 0.5) is 0 Å². The van der Waals surface area contributed by atoms with E-state index in [1.165, 1.54) is 0 Å². The molecule has 4 heteroatoms. The molecule has 128 valence electrons. The van der Waals surface area contributed by atoms with Gasteiger partial charge in [0.1, 0.15) is 11.5 Å². The van der Waals surface area contributed by atoms with Gasteiger partial charge in [-0.1, -0.05) is 18.2 Å². The van der Waals surface area contributed by atoms with E-state index in [2.05, 4.69) is 11.4 Å². The van der Waals surface area contributed by atoms with Gasteiger partial charge in [-0.15, -0.1) is 0 Å². The number of amides is 1. The first kappa shape index (κ1) is 17.9. The predicted molar refractivity (Wildman–Crippen MR) is 96.0 cm³/mol. The van der Waals surface area contributed by atoms with Gasteiger partial charge in [-0.3, -0.25) is 4.79 Å². The molecule has 0 fully saturated rings. The Morgan fingerprint density at radius 1 is 1.12 bits per heavy atom. The number of para-hydroxylation sites is 1. The van der Waals surface area contributed by atoms with Crippen LogP contribution in [0.25, 0.3) is 0 Å². The zero-order valence-corrected chi connectivity index (χ0v) is 14.6. The minimum atomic E-state index is -0.0545. The van der Waals surface area contributed by atoms with Gasteiger partial charge in [0.25, 0.3) is 5.91 Å². The quantitative estimate of drug-likeness (QED) is 0.751. The number of carbonyl (C=O) groups excluding carboxylic acids is 1. The fraction of sp³-hybridized carbons (Fsp3) is 0.350. The molecule has 0 aromatic heterocycles. The topological polar surface area (TPSA) is 47.6 Å². The van der Waals surface area contributed by atoms with Crippen LogP contribution in [0.2, 0.25) is 0 Å². The lowest BCUT2D eigenvalue weighted by atomic mass is 10.1. The van der Waals surface area contributed by atoms with E-state index >= 15 is 0 Å². The van der Waals surface area contributed by atoms with Crippen molar-refractivity contribution < 1.29 is 14.3 Å². The van der Waals surface area contributed by atoms with Gasteiger partial charge in [-0.2, -0.15) is 0 Å². The highest BCUT2D eigenvalue weighted by molar-refractivity contribution is 5.94. The third-order valence-corrected chi connectivity index (χ3v) is 3.84. The summed E-state index contributed by atoms with van der Waals surface area (Å²) in [5, 5.41) is 2.96. The molecule has 0 unspecified atom stereocenters. The van der Waals surface area contributed by atoms with Crippen molar-refractivity contribution in [3.8, 4) is 11.5 Å². The van der Waals surface area contributed by atoms with Crippen LogP contribution in [0, 0.1) is 6.92 Å². The summed E-state index contributed by atoms with van der Waals surface area (Å²) in [6, 6.07) is 13.5. The fourth-order valence-electron chi connectivity index (χ4n) is 2.60. The van der Waals surface area contributed by atoms with Gasteiger partial charge in [0.15, 0.2) is 0 Å². The number of methoxy groups -OCH3 is 1. The van der Waals surface area contributed by atoms with E-state index in [0.717, 1.165) is 35.5 Å². The molecule has 0 atom stereocenters. The lowest BCUT2D eigenvalue weighted by molar-refractivity contribution is 0.0953. The first-order valence-corrected chi connectivity index (χ1v) is 8.29. The summed E-state index contributed by atoms with van der Waals surface area (Å²) in [5.74, 6) is 1.66. The van der Waals surface area contributed by atoms with Crippen LogP contribution in [0.15, 0.2) is 42.5 Å². The summed E-state index contributed by atoms with van der Waals surface area (Å²) in [5.41, 5.74) is 2.79. The molecule has 0 saturated heterocycles. The Morgan fingerprint density at radius 3 is 2.62 bits per heavy atom. The zero-order chi connectivity index (χ0) is 17.4. The number of benzene rings is 2. The second-order valence-corrected chi connectivity index (χ2v) is 5.58. The monoisotopic (exact) mass is 327 g/mol. The molecular weight excluding hydrogens is 302 g/mol. The first-order chi connectivity index (χ1) is 11.7. The van der Waals surface area contributed by atoms with Gasteiger partial charge in [0.05, 0.1) is 13.7 Å². The second kappa shape index (κ2) is 8.96. The molecule has 2 aromatic rings. The standard InChI is InChI=1S/C20H25NO3/c1-4-24-18-12-11-17(14-15(18)2)20(22)21-13-7-9-16-8-5-6-10-19(16)23-3/h5-6,8,10-12,14H,4,7,9,13H2,1-3H3,(H,21,22). The maximum absolute atomic E-state index is 12.2. The fourth-order valence-corrected chi connectivity index (χ4v) is 2.60. The van der Waals surface area contributed by atoms with Crippen LogP contribution < -0.4 is 14.8 Å². The third-order valence-electron chi connectivity index (χ3n) is 3.84. The van der Waals surface area contributed by atoms with Crippen molar-refractivity contribution >= 4 is 5.91 Å². The summed E-state index contributed by atoms with van der Waals surface area (Å²) in [6.07, 6.45) is 1.73. The molecule has 0 radical (unpaired) electrons. The highest BCUT2D eigenvalue weighted by Crippen LogP contribution is 2.20. The molecule has 0 bridgehead atoms. The molecule has 24 heavy (non-hydrogen) atoms. The Balaban J connectivity index is 1.84. The summed E-state index contributed by atoms with van der Waals surface area (Å²) in [7, 11) is 1.68. The summed E-state index contributed by atoms with van der Waals surface area (Å²) in [4.78, 5) is 12.2. The highest BCUT2D eigenvalue weighted by Gasteiger charge is 2.08. The Bertz CT molecular complexity index is 682. The van der Waals surface area contributed by atoms with Gasteiger partial charge in [-0.25, -0.2) is 0 Å². The highest BCUT2D eigenvalue weighted by atomic mass is 16.5. The molecule has 0 aliphatic heterocycles. The Kier molecular flexibility index (Phi) is 6.67. The van der Waals surface area contributed by atoms with Gasteiger partial charge in [0, 0.05) is 12.1 Å². The predicted octanol–water partition coefficient (Wildman–Crippen LogP) is 3.76. The summed E-state index contributed by atoms with van der Waals surface area (Å²) < 4.78 is 10.8. The molecule has 0 aliphatic carbocycles. The molecule has 1 amide bonds. The van der Waals surface area contributed by atoms with Crippen LogP contribution in [-0.2, 0) is 6.42 Å². The minimum absolute atomic E-state index is 0.0545. The average Bonchev–Trinajstić information content (AvgIpc) is 2.60. The Labute approximate surface area is 143 Å². The second-order valence-electron chi connectivity index (χ2n) is 5.58. The normalized spacial score (nSPS) is 10.3. The molecule has 0 saturated carbocycles. The number of hydrogen-bond acceptors (Lipinski definition) is 3. The Morgan fingerprint density at radius 2 is 1.92 bits per heavy atom. The van der Waals surface area contributed by atoms with E-state index < -0.39 is 0 Å². The van der Waals surface area contributed by atoms with E-state index in [9.17, 15) is 4.79 Å². The summed E-state index contributed by atoms with van der Waals surface area (Å²) in [6.45, 7) is 5.14. The summed E-state index contributed by atoms with van der Waals surface area (Å²) >= 11 is 0. The van der Waals surface area contributed by atoms with E-state index in [1.54, 1.807) is 13.2 Å². The van der Waals surface area contributed by atoms with Crippen LogP contribution in [-0.4, -0.2) is 26.2 Å². The number of rotatable bonds is 8. The maximum Gasteiger partial charge on any atom is 0.251 e. The average molecular weight is 327 g/mol. The van der Waals surface area contributed by atoms with Crippen LogP contribution in [0.5, 0.6) is 11.5 Å². The van der Waals surface area contributed by atoms with Crippen molar-refractivity contribution in [3.63, 3.8) is 0 Å². The lowest BCUT2D eigenvalue weighted by Crippen LogP contribution is -2.24. The van der Waals surface area contributed by atoms with E-state index in [4.69, 9.17) is 9.47 Å². The third kappa shape index (κ3) is 4.75. The molecular formula is C20H25NO3. The maximum atomic E-state index is 12.2. The largest absolute Gasteiger partial charge is 0.496 e. The van der Waals surface area contributed by atoms with Crippen molar-refractivity contribution in [3.05, 3.63) is 59.2 Å². The van der Waals surface area contributed by atoms with Crippen molar-refractivity contribution in [2.75, 3.05) is 20.3 Å². The molecule has 0 heterocycles. The van der Waals surface area contributed by atoms with Crippen molar-refractivity contribution in [1.82, 2.24) is 5.32 Å². The van der Waals surface area contributed by atoms with Crippen LogP contribution in [0.3, 0.4) is 0 Å². The molecule has 1 N–H and O–H groups in total. The van der Waals surface area contributed by atoms with Crippen molar-refractivity contribution in [2.45, 2.75) is 26.7 Å². The van der Waals surface area contributed by atoms with Crippen LogP contribution >= 0.6 is 0 Å². The van der Waals surface area contributed by atoms with E-state index in [-0.39, 0.29) is 5.91 Å². The van der Waals surface area contributed by atoms with E-state index in [0.29, 0.717) is 18.7 Å². The number of hydrogen-bond donors (Lipinski definition) is 1. The first-order valence-electron chi connectivity index (χ1n) is 8.29. The minimum Gasteiger partial charge on any atom is -0.496 e. The number of ether oxygens (including phenoxy) is 2. The Hall–Kier alpha value is -2.49. The SMILES string of the molecule is CCOc1ccc(C(=O)NCCCc2ccccc2OC)cc1C. The van der Waals surface area contributed by atoms with Crippen LogP contribution in [0.1, 0.15) is 34.8 Å². The molecule has 2 rings (SSSR count). The molecule has 4 nitrogen and oxygen atoms in total. The van der Waals surface area contributed by atoms with Gasteiger partial charge in [0.2, 0.25) is 0 Å². The molecule has 0 aliphatic rings. The lowest BCUT2D eigenvalue weighted by Gasteiger charge is -2.10. The smallest absolute Gasteiger partial charge is 0.251 e. The molecule has 0 spiro atoms. The van der Waals surface area contributed by atoms with Gasteiger partial charge < -0.3 is 14.8 Å². The van der Waals surface area contributed by atoms with E-state index in [1.807, 2.05) is 44.2 Å². The van der Waals surface area contributed by atoms with Crippen molar-refractivity contribution in [2.24, 2.45) is 0 Å². The number of aryl methyl sites for hydroxylation is 2. The molecule has 2 aromatic carbocycles. The number of nitrogens with one attached hydrogen (secondary N) is 1. The van der Waals surface area contributed by atoms with Crippen molar-refractivity contribution in [1.29, 1.82) is 0 Å². The number of carbonyl (C=O) groups is 1.